The monoisotopic (exact) mass is 268 g/mol. The third kappa shape index (κ3) is 5.52. The van der Waals surface area contributed by atoms with Gasteiger partial charge in [0, 0.05) is 25.6 Å². The fourth-order valence-electron chi connectivity index (χ4n) is 2.86. The predicted octanol–water partition coefficient (Wildman–Crippen LogP) is 3.18. The van der Waals surface area contributed by atoms with E-state index in [0.29, 0.717) is 11.8 Å². The van der Waals surface area contributed by atoms with Crippen molar-refractivity contribution in [3.8, 4) is 0 Å². The number of piperidine rings is 1. The summed E-state index contributed by atoms with van der Waals surface area (Å²) in [5.41, 5.74) is 6.73. The van der Waals surface area contributed by atoms with Gasteiger partial charge in [0.1, 0.15) is 0 Å². The molecule has 0 bridgehead atoms. The van der Waals surface area contributed by atoms with E-state index in [4.69, 9.17) is 5.73 Å². The normalized spacial score (nSPS) is 21.3. The van der Waals surface area contributed by atoms with Crippen molar-refractivity contribution in [1.82, 2.24) is 4.90 Å². The number of amides is 1. The van der Waals surface area contributed by atoms with Gasteiger partial charge in [-0.2, -0.15) is 0 Å². The standard InChI is InChI=1S/C16H32N2O/c1-6-16(5)7-9-18(10-8-16)14(19)11-13(17)12-15(2,3)4/h13H,6-12,17H2,1-5H3. The summed E-state index contributed by atoms with van der Waals surface area (Å²) >= 11 is 0. The second kappa shape index (κ2) is 6.25. The Hall–Kier alpha value is -0.570. The SMILES string of the molecule is CCC1(C)CCN(C(=O)CC(N)CC(C)(C)C)CC1. The highest BCUT2D eigenvalue weighted by Gasteiger charge is 2.30. The third-order valence-corrected chi connectivity index (χ3v) is 4.49. The molecule has 1 aliphatic rings. The van der Waals surface area contributed by atoms with Crippen LogP contribution in [0.5, 0.6) is 0 Å². The number of nitrogens with two attached hydrogens (primary N) is 1. The highest BCUT2D eigenvalue weighted by molar-refractivity contribution is 5.76. The Morgan fingerprint density at radius 3 is 2.26 bits per heavy atom. The molecule has 1 saturated heterocycles. The maximum Gasteiger partial charge on any atom is 0.224 e. The number of hydrogen-bond acceptors (Lipinski definition) is 2. The van der Waals surface area contributed by atoms with Crippen molar-refractivity contribution >= 4 is 5.91 Å². The molecule has 0 aromatic rings. The summed E-state index contributed by atoms with van der Waals surface area (Å²) in [5, 5.41) is 0. The average molecular weight is 268 g/mol. The Kier molecular flexibility index (Phi) is 5.43. The van der Waals surface area contributed by atoms with E-state index in [1.165, 1.54) is 6.42 Å². The molecule has 1 rings (SSSR count). The van der Waals surface area contributed by atoms with Gasteiger partial charge >= 0.3 is 0 Å². The Labute approximate surface area is 118 Å². The molecule has 0 aromatic heterocycles. The summed E-state index contributed by atoms with van der Waals surface area (Å²) in [6.45, 7) is 12.9. The zero-order chi connectivity index (χ0) is 14.7. The third-order valence-electron chi connectivity index (χ3n) is 4.49. The van der Waals surface area contributed by atoms with Gasteiger partial charge in [0.2, 0.25) is 5.91 Å². The Morgan fingerprint density at radius 2 is 1.84 bits per heavy atom. The minimum absolute atomic E-state index is 0.00742. The van der Waals surface area contributed by atoms with Crippen LogP contribution in [0.1, 0.15) is 66.7 Å². The molecule has 1 aliphatic heterocycles. The summed E-state index contributed by atoms with van der Waals surface area (Å²) < 4.78 is 0. The lowest BCUT2D eigenvalue weighted by Crippen LogP contribution is -2.44. The van der Waals surface area contributed by atoms with Crippen molar-refractivity contribution in [2.45, 2.75) is 72.8 Å². The molecule has 2 N–H and O–H groups in total. The molecule has 112 valence electrons. The molecule has 0 radical (unpaired) electrons. The van der Waals surface area contributed by atoms with Crippen LogP contribution < -0.4 is 5.73 Å². The van der Waals surface area contributed by atoms with Gasteiger partial charge in [-0.25, -0.2) is 0 Å². The summed E-state index contributed by atoms with van der Waals surface area (Å²) in [4.78, 5) is 14.3. The van der Waals surface area contributed by atoms with Crippen molar-refractivity contribution in [2.24, 2.45) is 16.6 Å². The van der Waals surface area contributed by atoms with Crippen molar-refractivity contribution in [3.63, 3.8) is 0 Å². The zero-order valence-electron chi connectivity index (χ0n) is 13.5. The molecule has 3 heteroatoms. The molecule has 3 nitrogen and oxygen atoms in total. The average Bonchev–Trinajstić information content (AvgIpc) is 2.27. The molecule has 1 fully saturated rings. The quantitative estimate of drug-likeness (QED) is 0.851. The molecular formula is C16H32N2O. The first-order valence-corrected chi connectivity index (χ1v) is 7.68. The zero-order valence-corrected chi connectivity index (χ0v) is 13.5. The van der Waals surface area contributed by atoms with Crippen molar-refractivity contribution in [1.29, 1.82) is 0 Å². The molecule has 19 heavy (non-hydrogen) atoms. The molecule has 1 unspecified atom stereocenters. The second-order valence-electron chi connectivity index (χ2n) is 7.77. The van der Waals surface area contributed by atoms with Crippen LogP contribution in [-0.2, 0) is 4.79 Å². The molecule has 1 atom stereocenters. The maximum atomic E-state index is 12.2. The molecule has 0 aliphatic carbocycles. The Morgan fingerprint density at radius 1 is 1.32 bits per heavy atom. The minimum Gasteiger partial charge on any atom is -0.343 e. The van der Waals surface area contributed by atoms with Crippen LogP contribution in [0.4, 0.5) is 0 Å². The van der Waals surface area contributed by atoms with Gasteiger partial charge in [-0.15, -0.1) is 0 Å². The molecule has 1 amide bonds. The first-order valence-electron chi connectivity index (χ1n) is 7.68. The fraction of sp³-hybridized carbons (Fsp3) is 0.938. The molecule has 1 heterocycles. The van der Waals surface area contributed by atoms with E-state index in [2.05, 4.69) is 34.6 Å². The number of hydrogen-bond donors (Lipinski definition) is 1. The van der Waals surface area contributed by atoms with E-state index in [0.717, 1.165) is 32.4 Å². The molecule has 0 spiro atoms. The van der Waals surface area contributed by atoms with Crippen molar-refractivity contribution in [2.75, 3.05) is 13.1 Å². The van der Waals surface area contributed by atoms with Gasteiger partial charge < -0.3 is 10.6 Å². The fourth-order valence-corrected chi connectivity index (χ4v) is 2.86. The minimum atomic E-state index is -0.00742. The number of carbonyl (C=O) groups is 1. The van der Waals surface area contributed by atoms with Crippen LogP contribution in [0.25, 0.3) is 0 Å². The van der Waals surface area contributed by atoms with Gasteiger partial charge in [0.25, 0.3) is 0 Å². The van der Waals surface area contributed by atoms with Crippen LogP contribution in [0.3, 0.4) is 0 Å². The van der Waals surface area contributed by atoms with E-state index < -0.39 is 0 Å². The van der Waals surface area contributed by atoms with E-state index in [9.17, 15) is 4.79 Å². The number of carbonyl (C=O) groups excluding carboxylic acids is 1. The number of nitrogens with zero attached hydrogens (tertiary/aromatic N) is 1. The summed E-state index contributed by atoms with van der Waals surface area (Å²) in [7, 11) is 0. The summed E-state index contributed by atoms with van der Waals surface area (Å²) in [6.07, 6.45) is 4.87. The number of rotatable bonds is 4. The smallest absolute Gasteiger partial charge is 0.224 e. The van der Waals surface area contributed by atoms with E-state index in [-0.39, 0.29) is 17.4 Å². The lowest BCUT2D eigenvalue weighted by atomic mass is 9.78. The van der Waals surface area contributed by atoms with Crippen LogP contribution >= 0.6 is 0 Å². The van der Waals surface area contributed by atoms with Gasteiger partial charge in [0.15, 0.2) is 0 Å². The molecule has 0 aromatic carbocycles. The molecular weight excluding hydrogens is 236 g/mol. The van der Waals surface area contributed by atoms with Crippen molar-refractivity contribution < 1.29 is 4.79 Å². The van der Waals surface area contributed by atoms with Crippen molar-refractivity contribution in [3.05, 3.63) is 0 Å². The van der Waals surface area contributed by atoms with Crippen LogP contribution in [0.15, 0.2) is 0 Å². The van der Waals surface area contributed by atoms with E-state index in [1.807, 2.05) is 4.90 Å². The van der Waals surface area contributed by atoms with E-state index in [1.54, 1.807) is 0 Å². The first-order chi connectivity index (χ1) is 8.65. The van der Waals surface area contributed by atoms with Gasteiger partial charge in [-0.1, -0.05) is 41.0 Å². The topological polar surface area (TPSA) is 46.3 Å². The summed E-state index contributed by atoms with van der Waals surface area (Å²) in [5.74, 6) is 0.245. The highest BCUT2D eigenvalue weighted by atomic mass is 16.2. The molecule has 0 saturated carbocycles. The largest absolute Gasteiger partial charge is 0.343 e. The predicted molar refractivity (Wildman–Crippen MR) is 80.9 cm³/mol. The maximum absolute atomic E-state index is 12.2. The summed E-state index contributed by atoms with van der Waals surface area (Å²) in [6, 6.07) is -0.00742. The van der Waals surface area contributed by atoms with Crippen LogP contribution in [-0.4, -0.2) is 29.9 Å². The van der Waals surface area contributed by atoms with Gasteiger partial charge in [0.05, 0.1) is 0 Å². The Bertz CT molecular complexity index is 298. The Balaban J connectivity index is 2.39. The lowest BCUT2D eigenvalue weighted by molar-refractivity contribution is -0.133. The highest BCUT2D eigenvalue weighted by Crippen LogP contribution is 2.34. The van der Waals surface area contributed by atoms with Crippen LogP contribution in [0, 0.1) is 10.8 Å². The lowest BCUT2D eigenvalue weighted by Gasteiger charge is -2.39. The second-order valence-corrected chi connectivity index (χ2v) is 7.77. The van der Waals surface area contributed by atoms with Crippen LogP contribution in [0.2, 0.25) is 0 Å². The van der Waals surface area contributed by atoms with Gasteiger partial charge in [-0.05, 0) is 30.1 Å². The first kappa shape index (κ1) is 16.5. The van der Waals surface area contributed by atoms with Gasteiger partial charge in [-0.3, -0.25) is 4.79 Å². The van der Waals surface area contributed by atoms with E-state index >= 15 is 0 Å². The number of likely N-dealkylation sites (tertiary alicyclic amines) is 1.